The number of hydrogen-bond acceptors (Lipinski definition) is 5. The van der Waals surface area contributed by atoms with Crippen molar-refractivity contribution in [2.24, 2.45) is 0 Å². The van der Waals surface area contributed by atoms with E-state index in [-0.39, 0.29) is 12.1 Å². The second kappa shape index (κ2) is 8.76. The maximum Gasteiger partial charge on any atom is 0.266 e. The van der Waals surface area contributed by atoms with Crippen LogP contribution in [0.4, 0.5) is 5.69 Å². The van der Waals surface area contributed by atoms with Crippen LogP contribution in [-0.4, -0.2) is 23.1 Å². The van der Waals surface area contributed by atoms with Gasteiger partial charge < -0.3 is 24.5 Å². The number of benzene rings is 2. The third-order valence-electron chi connectivity index (χ3n) is 4.19. The van der Waals surface area contributed by atoms with Crippen LogP contribution in [0.15, 0.2) is 60.3 Å². The molecule has 1 amide bonds. The van der Waals surface area contributed by atoms with Crippen LogP contribution >= 0.6 is 0 Å². The Morgan fingerprint density at radius 3 is 2.76 bits per heavy atom. The Morgan fingerprint density at radius 2 is 2.03 bits per heavy atom. The number of fused-ring (bicyclic) bond motifs is 1. The molecule has 0 fully saturated rings. The molecule has 7 nitrogen and oxygen atoms in total. The lowest BCUT2D eigenvalue weighted by Gasteiger charge is -2.07. The zero-order chi connectivity index (χ0) is 20.8. The first kappa shape index (κ1) is 19.7. The van der Waals surface area contributed by atoms with Gasteiger partial charge in [0.25, 0.3) is 5.91 Å². The predicted molar refractivity (Wildman–Crippen MR) is 107 cm³/mol. The predicted octanol–water partition coefficient (Wildman–Crippen LogP) is 2.34. The molecule has 0 saturated carbocycles. The summed E-state index contributed by atoms with van der Waals surface area (Å²) in [6, 6.07) is 15.9. The van der Waals surface area contributed by atoms with Crippen LogP contribution in [0.1, 0.15) is 12.5 Å². The number of nitrogens with zero attached hydrogens (tertiary/aromatic N) is 2. The van der Waals surface area contributed by atoms with E-state index in [9.17, 15) is 20.0 Å². The maximum atomic E-state index is 12.6. The fourth-order valence-electron chi connectivity index (χ4n) is 2.99. The molecule has 1 N–H and O–H groups in total. The molecule has 0 aliphatic rings. The van der Waals surface area contributed by atoms with Crippen LogP contribution in [0.25, 0.3) is 17.0 Å². The second-order valence-electron chi connectivity index (χ2n) is 6.19. The van der Waals surface area contributed by atoms with Gasteiger partial charge in [-0.3, -0.25) is 4.79 Å². The Balaban J connectivity index is 1.92. The number of nitriles is 1. The van der Waals surface area contributed by atoms with Crippen molar-refractivity contribution in [3.8, 4) is 11.8 Å². The molecule has 0 unspecified atom stereocenters. The standard InChI is InChI=1S/C22H19N3O4/c1-2-29-18-7-5-6-17(11-18)24-22(28)15(12-23)10-16-13-25(14-21(26)27)20-9-4-3-8-19(16)20/h3-11,13H,2,14H2,1H3,(H,24,28)(H,26,27)/p-1/b15-10+. The van der Waals surface area contributed by atoms with Crippen molar-refractivity contribution in [2.45, 2.75) is 13.5 Å². The van der Waals surface area contributed by atoms with Gasteiger partial charge in [0.1, 0.15) is 17.4 Å². The molecule has 0 aliphatic carbocycles. The number of carboxylic acids is 1. The highest BCUT2D eigenvalue weighted by molar-refractivity contribution is 6.10. The number of aliphatic carboxylic acids is 1. The first-order valence-corrected chi connectivity index (χ1v) is 8.95. The van der Waals surface area contributed by atoms with Gasteiger partial charge >= 0.3 is 0 Å². The average Bonchev–Trinajstić information content (AvgIpc) is 3.03. The van der Waals surface area contributed by atoms with Crippen molar-refractivity contribution < 1.29 is 19.4 Å². The molecule has 0 spiro atoms. The Hall–Kier alpha value is -4.05. The molecule has 3 aromatic rings. The summed E-state index contributed by atoms with van der Waals surface area (Å²) in [6.07, 6.45) is 3.02. The molecular weight excluding hydrogens is 370 g/mol. The fraction of sp³-hybridized carbons (Fsp3) is 0.136. The van der Waals surface area contributed by atoms with Gasteiger partial charge in [0.05, 0.1) is 19.1 Å². The first-order valence-electron chi connectivity index (χ1n) is 8.95. The van der Waals surface area contributed by atoms with Gasteiger partial charge in [-0.2, -0.15) is 5.26 Å². The summed E-state index contributed by atoms with van der Waals surface area (Å²) in [5, 5.41) is 23.9. The highest BCUT2D eigenvalue weighted by Crippen LogP contribution is 2.24. The van der Waals surface area contributed by atoms with Crippen LogP contribution in [0.2, 0.25) is 0 Å². The van der Waals surface area contributed by atoms with Crippen LogP contribution < -0.4 is 15.2 Å². The minimum Gasteiger partial charge on any atom is -0.548 e. The zero-order valence-corrected chi connectivity index (χ0v) is 15.7. The smallest absolute Gasteiger partial charge is 0.266 e. The average molecular weight is 388 g/mol. The lowest BCUT2D eigenvalue weighted by molar-refractivity contribution is -0.306. The summed E-state index contributed by atoms with van der Waals surface area (Å²) in [5.74, 6) is -1.19. The quantitative estimate of drug-likeness (QED) is 0.494. The van der Waals surface area contributed by atoms with Gasteiger partial charge in [-0.25, -0.2) is 0 Å². The van der Waals surface area contributed by atoms with Crippen molar-refractivity contribution in [1.82, 2.24) is 4.57 Å². The summed E-state index contributed by atoms with van der Waals surface area (Å²) in [4.78, 5) is 23.6. The van der Waals surface area contributed by atoms with Gasteiger partial charge in [-0.1, -0.05) is 24.3 Å². The number of rotatable bonds is 7. The Kier molecular flexibility index (Phi) is 5.95. The summed E-state index contributed by atoms with van der Waals surface area (Å²) in [7, 11) is 0. The Labute approximate surface area is 167 Å². The minimum absolute atomic E-state index is 0.108. The zero-order valence-electron chi connectivity index (χ0n) is 15.7. The van der Waals surface area contributed by atoms with Crippen LogP contribution in [0.5, 0.6) is 5.75 Å². The summed E-state index contributed by atoms with van der Waals surface area (Å²) < 4.78 is 6.92. The highest BCUT2D eigenvalue weighted by Gasteiger charge is 2.13. The van der Waals surface area contributed by atoms with E-state index in [0.29, 0.717) is 29.1 Å². The SMILES string of the molecule is CCOc1cccc(NC(=O)/C(C#N)=C/c2cn(CC(=O)[O-])c3ccccc23)c1. The second-order valence-corrected chi connectivity index (χ2v) is 6.19. The van der Waals surface area contributed by atoms with Crippen molar-refractivity contribution in [1.29, 1.82) is 5.26 Å². The van der Waals surface area contributed by atoms with Gasteiger partial charge in [0, 0.05) is 34.4 Å². The summed E-state index contributed by atoms with van der Waals surface area (Å²) >= 11 is 0. The third-order valence-corrected chi connectivity index (χ3v) is 4.19. The molecule has 0 aliphatic heterocycles. The molecule has 0 bridgehead atoms. The lowest BCUT2D eigenvalue weighted by atomic mass is 10.1. The fourth-order valence-corrected chi connectivity index (χ4v) is 2.99. The number of ether oxygens (including phenoxy) is 1. The lowest BCUT2D eigenvalue weighted by Crippen LogP contribution is -2.27. The first-order chi connectivity index (χ1) is 14.0. The molecule has 3 rings (SSSR count). The highest BCUT2D eigenvalue weighted by atomic mass is 16.5. The maximum absolute atomic E-state index is 12.6. The number of para-hydroxylation sites is 1. The minimum atomic E-state index is -1.23. The van der Waals surface area contributed by atoms with Gasteiger partial charge in [-0.15, -0.1) is 0 Å². The van der Waals surface area contributed by atoms with Crippen molar-refractivity contribution in [3.63, 3.8) is 0 Å². The molecule has 2 aromatic carbocycles. The van der Waals surface area contributed by atoms with E-state index in [2.05, 4.69) is 5.32 Å². The molecule has 7 heteroatoms. The monoisotopic (exact) mass is 388 g/mol. The van der Waals surface area contributed by atoms with Crippen molar-refractivity contribution in [2.75, 3.05) is 11.9 Å². The van der Waals surface area contributed by atoms with Gasteiger partial charge in [0.15, 0.2) is 0 Å². The molecule has 1 aromatic heterocycles. The summed E-state index contributed by atoms with van der Waals surface area (Å²) in [6.45, 7) is 2.03. The largest absolute Gasteiger partial charge is 0.548 e. The molecule has 1 heterocycles. The number of nitrogens with one attached hydrogen (secondary N) is 1. The van der Waals surface area contributed by atoms with E-state index < -0.39 is 11.9 Å². The Morgan fingerprint density at radius 1 is 1.24 bits per heavy atom. The molecule has 29 heavy (non-hydrogen) atoms. The van der Waals surface area contributed by atoms with Crippen molar-refractivity contribution in [3.05, 3.63) is 65.9 Å². The molecule has 0 atom stereocenters. The normalized spacial score (nSPS) is 11.1. The van der Waals surface area contributed by atoms with E-state index in [1.165, 1.54) is 10.6 Å². The molecule has 0 radical (unpaired) electrons. The summed E-state index contributed by atoms with van der Waals surface area (Å²) in [5.41, 5.74) is 1.63. The van der Waals surface area contributed by atoms with E-state index in [0.717, 1.165) is 5.39 Å². The number of hydrogen-bond donors (Lipinski definition) is 1. The van der Waals surface area contributed by atoms with E-state index >= 15 is 0 Å². The van der Waals surface area contributed by atoms with Gasteiger partial charge in [0.2, 0.25) is 0 Å². The molecule has 0 saturated heterocycles. The van der Waals surface area contributed by atoms with Crippen LogP contribution in [0.3, 0.4) is 0 Å². The van der Waals surface area contributed by atoms with Crippen molar-refractivity contribution >= 4 is 34.5 Å². The Bertz CT molecular complexity index is 1140. The number of aromatic nitrogens is 1. The molecule has 146 valence electrons. The number of anilines is 1. The van der Waals surface area contributed by atoms with Crippen LogP contribution in [0, 0.1) is 11.3 Å². The number of carbonyl (C=O) groups is 2. The van der Waals surface area contributed by atoms with Gasteiger partial charge in [-0.05, 0) is 31.2 Å². The van der Waals surface area contributed by atoms with Crippen LogP contribution in [-0.2, 0) is 16.1 Å². The molecular formula is C22H18N3O4-. The number of carbonyl (C=O) groups excluding carboxylic acids is 2. The third kappa shape index (κ3) is 4.62. The number of amides is 1. The van der Waals surface area contributed by atoms with E-state index in [1.54, 1.807) is 54.7 Å². The number of carboxylic acid groups (broad SMARTS) is 1. The topological polar surface area (TPSA) is 107 Å². The van der Waals surface area contributed by atoms with E-state index in [1.807, 2.05) is 13.0 Å². The van der Waals surface area contributed by atoms with E-state index in [4.69, 9.17) is 4.74 Å².